The van der Waals surface area contributed by atoms with E-state index in [1.54, 1.807) is 0 Å². The smallest absolute Gasteiger partial charge is 0.00508 e. The van der Waals surface area contributed by atoms with Crippen LogP contribution in [0.4, 0.5) is 0 Å². The second-order valence-corrected chi connectivity index (χ2v) is 5.51. The molecule has 18 heavy (non-hydrogen) atoms. The van der Waals surface area contributed by atoms with Crippen molar-refractivity contribution >= 4 is 0 Å². The third-order valence-corrected chi connectivity index (χ3v) is 3.56. The molecule has 0 spiro atoms. The summed E-state index contributed by atoms with van der Waals surface area (Å²) in [6, 6.07) is 0.633. The standard InChI is InChI=1S/C14H32N4/c1-14-6-11-16-8-3-7-15-9-4-12-18(2)13-5-10-17-14/h14-17H,3-13H2,1-2H3. The Balaban J connectivity index is 2.18. The molecule has 4 nitrogen and oxygen atoms in total. The molecule has 1 aliphatic heterocycles. The maximum atomic E-state index is 3.61. The summed E-state index contributed by atoms with van der Waals surface area (Å²) in [7, 11) is 2.23. The van der Waals surface area contributed by atoms with Gasteiger partial charge in [-0.2, -0.15) is 0 Å². The van der Waals surface area contributed by atoms with E-state index in [0.29, 0.717) is 6.04 Å². The average Bonchev–Trinajstić information content (AvgIpc) is 2.35. The van der Waals surface area contributed by atoms with Gasteiger partial charge in [0, 0.05) is 6.04 Å². The van der Waals surface area contributed by atoms with Crippen LogP contribution in [0, 0.1) is 0 Å². The Bertz CT molecular complexity index is 167. The fourth-order valence-corrected chi connectivity index (χ4v) is 2.29. The van der Waals surface area contributed by atoms with E-state index < -0.39 is 0 Å². The largest absolute Gasteiger partial charge is 0.317 e. The van der Waals surface area contributed by atoms with E-state index in [4.69, 9.17) is 0 Å². The van der Waals surface area contributed by atoms with Crippen LogP contribution in [0.1, 0.15) is 32.6 Å². The lowest BCUT2D eigenvalue weighted by molar-refractivity contribution is 0.316. The van der Waals surface area contributed by atoms with Crippen LogP contribution in [0.3, 0.4) is 0 Å². The lowest BCUT2D eigenvalue weighted by Gasteiger charge is -2.19. The summed E-state index contributed by atoms with van der Waals surface area (Å²) in [6.07, 6.45) is 4.97. The van der Waals surface area contributed by atoms with Gasteiger partial charge in [-0.3, -0.25) is 0 Å². The molecule has 0 aromatic heterocycles. The molecule has 1 fully saturated rings. The quantitative estimate of drug-likeness (QED) is 0.595. The summed E-state index contributed by atoms with van der Waals surface area (Å²) in [5.74, 6) is 0. The second kappa shape index (κ2) is 10.7. The first kappa shape index (κ1) is 15.9. The van der Waals surface area contributed by atoms with Crippen molar-refractivity contribution in [3.8, 4) is 0 Å². The summed E-state index contributed by atoms with van der Waals surface area (Å²) >= 11 is 0. The van der Waals surface area contributed by atoms with Crippen molar-refractivity contribution in [2.24, 2.45) is 0 Å². The molecule has 1 heterocycles. The lowest BCUT2D eigenvalue weighted by atomic mass is 10.2. The minimum absolute atomic E-state index is 0.633. The van der Waals surface area contributed by atoms with Gasteiger partial charge in [0.25, 0.3) is 0 Å². The van der Waals surface area contributed by atoms with E-state index in [0.717, 1.165) is 32.7 Å². The highest BCUT2D eigenvalue weighted by Gasteiger charge is 2.02. The first-order valence-electron chi connectivity index (χ1n) is 7.62. The molecule has 1 saturated heterocycles. The van der Waals surface area contributed by atoms with Gasteiger partial charge >= 0.3 is 0 Å². The lowest BCUT2D eigenvalue weighted by Crippen LogP contribution is -2.34. The van der Waals surface area contributed by atoms with Crippen molar-refractivity contribution in [2.75, 3.05) is 52.9 Å². The van der Waals surface area contributed by atoms with Crippen LogP contribution in [0.2, 0.25) is 0 Å². The fraction of sp³-hybridized carbons (Fsp3) is 1.00. The molecular formula is C14H32N4. The van der Waals surface area contributed by atoms with E-state index in [1.165, 1.54) is 38.8 Å². The van der Waals surface area contributed by atoms with Gasteiger partial charge in [0.1, 0.15) is 0 Å². The van der Waals surface area contributed by atoms with Gasteiger partial charge in [-0.1, -0.05) is 0 Å². The van der Waals surface area contributed by atoms with Gasteiger partial charge in [0.2, 0.25) is 0 Å². The molecular weight excluding hydrogens is 224 g/mol. The van der Waals surface area contributed by atoms with E-state index in [-0.39, 0.29) is 0 Å². The Hall–Kier alpha value is -0.160. The second-order valence-electron chi connectivity index (χ2n) is 5.51. The van der Waals surface area contributed by atoms with Crippen LogP contribution in [-0.2, 0) is 0 Å². The van der Waals surface area contributed by atoms with Gasteiger partial charge in [0.15, 0.2) is 0 Å². The monoisotopic (exact) mass is 256 g/mol. The molecule has 1 rings (SSSR count). The third kappa shape index (κ3) is 8.86. The fourth-order valence-electron chi connectivity index (χ4n) is 2.29. The van der Waals surface area contributed by atoms with Crippen LogP contribution < -0.4 is 16.0 Å². The number of nitrogens with one attached hydrogen (secondary N) is 3. The minimum Gasteiger partial charge on any atom is -0.317 e. The van der Waals surface area contributed by atoms with Crippen molar-refractivity contribution in [3.63, 3.8) is 0 Å². The molecule has 1 unspecified atom stereocenters. The Morgan fingerprint density at radius 2 is 1.44 bits per heavy atom. The zero-order chi connectivity index (χ0) is 13.1. The van der Waals surface area contributed by atoms with Gasteiger partial charge in [-0.05, 0) is 85.5 Å². The molecule has 4 heteroatoms. The number of nitrogens with zero attached hydrogens (tertiary/aromatic N) is 1. The van der Waals surface area contributed by atoms with Gasteiger partial charge in [-0.15, -0.1) is 0 Å². The Labute approximate surface area is 113 Å². The van der Waals surface area contributed by atoms with Gasteiger partial charge < -0.3 is 20.9 Å². The minimum atomic E-state index is 0.633. The van der Waals surface area contributed by atoms with Crippen LogP contribution >= 0.6 is 0 Å². The van der Waals surface area contributed by atoms with E-state index in [2.05, 4.69) is 34.8 Å². The summed E-state index contributed by atoms with van der Waals surface area (Å²) in [6.45, 7) is 10.4. The highest BCUT2D eigenvalue weighted by atomic mass is 15.1. The molecule has 0 aromatic carbocycles. The predicted octanol–water partition coefficient (Wildman–Crippen LogP) is 0.650. The average molecular weight is 256 g/mol. The molecule has 108 valence electrons. The molecule has 1 atom stereocenters. The third-order valence-electron chi connectivity index (χ3n) is 3.56. The number of hydrogen-bond acceptors (Lipinski definition) is 4. The van der Waals surface area contributed by atoms with Crippen molar-refractivity contribution < 1.29 is 0 Å². The Kier molecular flexibility index (Phi) is 9.48. The van der Waals surface area contributed by atoms with Gasteiger partial charge in [0.05, 0.1) is 0 Å². The zero-order valence-corrected chi connectivity index (χ0v) is 12.3. The predicted molar refractivity (Wildman–Crippen MR) is 79.2 cm³/mol. The van der Waals surface area contributed by atoms with Crippen LogP contribution in [0.15, 0.2) is 0 Å². The van der Waals surface area contributed by atoms with Crippen molar-refractivity contribution in [3.05, 3.63) is 0 Å². The molecule has 0 bridgehead atoms. The molecule has 1 aliphatic rings. The number of hydrogen-bond donors (Lipinski definition) is 3. The first-order valence-corrected chi connectivity index (χ1v) is 7.62. The van der Waals surface area contributed by atoms with Crippen LogP contribution in [0.25, 0.3) is 0 Å². The maximum Gasteiger partial charge on any atom is 0.00508 e. The van der Waals surface area contributed by atoms with Crippen LogP contribution in [-0.4, -0.2) is 63.8 Å². The molecule has 0 saturated carbocycles. The molecule has 0 aliphatic carbocycles. The van der Waals surface area contributed by atoms with Crippen molar-refractivity contribution in [2.45, 2.75) is 38.6 Å². The van der Waals surface area contributed by atoms with Gasteiger partial charge in [-0.25, -0.2) is 0 Å². The summed E-state index contributed by atoms with van der Waals surface area (Å²) in [5.41, 5.74) is 0. The van der Waals surface area contributed by atoms with Crippen LogP contribution in [0.5, 0.6) is 0 Å². The summed E-state index contributed by atoms with van der Waals surface area (Å²) < 4.78 is 0. The highest BCUT2D eigenvalue weighted by molar-refractivity contribution is 4.64. The summed E-state index contributed by atoms with van der Waals surface area (Å²) in [5, 5.41) is 10.6. The normalized spacial score (nSPS) is 28.0. The highest BCUT2D eigenvalue weighted by Crippen LogP contribution is 1.93. The molecule has 0 aromatic rings. The van der Waals surface area contributed by atoms with Crippen molar-refractivity contribution in [1.82, 2.24) is 20.9 Å². The topological polar surface area (TPSA) is 39.3 Å². The zero-order valence-electron chi connectivity index (χ0n) is 12.3. The molecule has 3 N–H and O–H groups in total. The SMILES string of the molecule is CC1CCNCCCNCCCN(C)CCCN1. The Morgan fingerprint density at radius 1 is 0.833 bits per heavy atom. The van der Waals surface area contributed by atoms with E-state index in [9.17, 15) is 0 Å². The van der Waals surface area contributed by atoms with Crippen molar-refractivity contribution in [1.29, 1.82) is 0 Å². The maximum absolute atomic E-state index is 3.61. The number of rotatable bonds is 0. The molecule has 0 radical (unpaired) electrons. The van der Waals surface area contributed by atoms with E-state index >= 15 is 0 Å². The Morgan fingerprint density at radius 3 is 2.22 bits per heavy atom. The van der Waals surface area contributed by atoms with E-state index in [1.807, 2.05) is 0 Å². The summed E-state index contributed by atoms with van der Waals surface area (Å²) in [4.78, 5) is 2.45. The first-order chi connectivity index (χ1) is 8.79. The molecule has 0 amide bonds.